The summed E-state index contributed by atoms with van der Waals surface area (Å²) < 4.78 is 32.9. The average molecular weight is 420 g/mol. The van der Waals surface area contributed by atoms with Crippen molar-refractivity contribution in [1.29, 1.82) is 5.53 Å². The fourth-order valence-electron chi connectivity index (χ4n) is 4.00. The molecule has 7 heteroatoms. The molecule has 1 aromatic heterocycles. The zero-order chi connectivity index (χ0) is 21.5. The molecule has 1 aliphatic heterocycles. The molecule has 0 bridgehead atoms. The van der Waals surface area contributed by atoms with E-state index in [1.165, 1.54) is 15.1 Å². The molecule has 1 aliphatic carbocycles. The van der Waals surface area contributed by atoms with Gasteiger partial charge in [0, 0.05) is 17.6 Å². The summed E-state index contributed by atoms with van der Waals surface area (Å²) in [6.45, 7) is 3.74. The predicted octanol–water partition coefficient (Wildman–Crippen LogP) is 4.39. The number of aryl methyl sites for hydroxylation is 2. The highest BCUT2D eigenvalue weighted by Crippen LogP contribution is 2.39. The average Bonchev–Trinajstić information content (AvgIpc) is 3.00. The predicted molar refractivity (Wildman–Crippen MR) is 116 cm³/mol. The first-order valence-electron chi connectivity index (χ1n) is 9.44. The van der Waals surface area contributed by atoms with Crippen LogP contribution >= 0.6 is 0 Å². The fraction of sp³-hybridized carbons (Fsp3) is 0.130. The number of aromatic amines is 1. The highest BCUT2D eigenvalue weighted by Gasteiger charge is 2.23. The standard InChI is InChI=1S/C14H10N3.C9H12O3S/c15-17-8-6-9-5-7-16-13-10-3-1-2-4-11(10)14(17)12(9)13;1-7-3-8(2)5-9(4-7)6-13(10,11)12/h1-8,15-16H;3-5H,6H2,1-2H3,(H,10,11,12)/q+1;/p-1. The minimum atomic E-state index is -4.16. The Hall–Kier alpha value is -3.29. The maximum atomic E-state index is 10.5. The van der Waals surface area contributed by atoms with Crippen LogP contribution in [0.25, 0.3) is 32.9 Å². The first kappa shape index (κ1) is 20.0. The molecular weight excluding hydrogens is 398 g/mol. The number of hydrogen-bond donors (Lipinski definition) is 2. The largest absolute Gasteiger partial charge is 0.748 e. The van der Waals surface area contributed by atoms with Crippen LogP contribution in [0.15, 0.2) is 67.0 Å². The summed E-state index contributed by atoms with van der Waals surface area (Å²) >= 11 is 0. The second-order valence-electron chi connectivity index (χ2n) is 7.46. The number of nitrogens with zero attached hydrogens (tertiary/aromatic N) is 1. The molecule has 0 fully saturated rings. The third-order valence-electron chi connectivity index (χ3n) is 4.99. The lowest BCUT2D eigenvalue weighted by Gasteiger charge is -2.08. The quantitative estimate of drug-likeness (QED) is 0.328. The molecule has 2 aromatic carbocycles. The number of nitrogens with one attached hydrogen (secondary N) is 2. The molecule has 3 aromatic rings. The topological polar surface area (TPSA) is 103 Å². The summed E-state index contributed by atoms with van der Waals surface area (Å²) in [5.74, 6) is -0.421. The van der Waals surface area contributed by atoms with Crippen LogP contribution in [0.3, 0.4) is 0 Å². The third-order valence-corrected chi connectivity index (χ3v) is 5.67. The lowest BCUT2D eigenvalue weighted by atomic mass is 10.1. The van der Waals surface area contributed by atoms with E-state index in [1.807, 2.05) is 50.4 Å². The Balaban J connectivity index is 0.000000152. The van der Waals surface area contributed by atoms with Gasteiger partial charge in [0.05, 0.1) is 32.5 Å². The van der Waals surface area contributed by atoms with Gasteiger partial charge in [0.15, 0.2) is 0 Å². The molecule has 2 aliphatic rings. The van der Waals surface area contributed by atoms with Gasteiger partial charge in [0.1, 0.15) is 0 Å². The summed E-state index contributed by atoms with van der Waals surface area (Å²) in [5, 5.41) is 3.49. The Labute approximate surface area is 174 Å². The number of H-pyrrole nitrogens is 1. The first-order chi connectivity index (χ1) is 14.2. The van der Waals surface area contributed by atoms with Gasteiger partial charge in [-0.1, -0.05) is 51.9 Å². The van der Waals surface area contributed by atoms with Crippen molar-refractivity contribution in [3.05, 3.63) is 83.7 Å². The Morgan fingerprint density at radius 2 is 1.67 bits per heavy atom. The zero-order valence-electron chi connectivity index (χ0n) is 16.6. The minimum absolute atomic E-state index is 0.421. The molecule has 30 heavy (non-hydrogen) atoms. The number of rotatable bonds is 2. The second-order valence-corrected chi connectivity index (χ2v) is 8.86. The normalized spacial score (nSPS) is 11.7. The van der Waals surface area contributed by atoms with E-state index in [4.69, 9.17) is 5.53 Å². The number of benzene rings is 2. The summed E-state index contributed by atoms with van der Waals surface area (Å²) in [5.41, 5.74) is 13.8. The number of aromatic nitrogens is 2. The zero-order valence-corrected chi connectivity index (χ0v) is 17.5. The van der Waals surface area contributed by atoms with Crippen LogP contribution in [0.1, 0.15) is 16.7 Å². The summed E-state index contributed by atoms with van der Waals surface area (Å²) in [4.78, 5) is 3.30. The summed E-state index contributed by atoms with van der Waals surface area (Å²) in [6.07, 6.45) is 3.75. The van der Waals surface area contributed by atoms with Gasteiger partial charge in [-0.25, -0.2) is 8.42 Å². The molecule has 0 radical (unpaired) electrons. The van der Waals surface area contributed by atoms with E-state index in [9.17, 15) is 13.0 Å². The van der Waals surface area contributed by atoms with Crippen molar-refractivity contribution in [1.82, 2.24) is 4.98 Å². The second kappa shape index (κ2) is 7.51. The van der Waals surface area contributed by atoms with Crippen LogP contribution < -0.4 is 4.36 Å². The molecule has 2 heterocycles. The van der Waals surface area contributed by atoms with Gasteiger partial charge < -0.3 is 9.54 Å². The molecule has 0 amide bonds. The Morgan fingerprint density at radius 1 is 1.00 bits per heavy atom. The van der Waals surface area contributed by atoms with Crippen LogP contribution in [-0.2, 0) is 15.9 Å². The lowest BCUT2D eigenvalue weighted by Crippen LogP contribution is -2.13. The minimum Gasteiger partial charge on any atom is -0.748 e. The van der Waals surface area contributed by atoms with Gasteiger partial charge in [0.25, 0.3) is 5.52 Å². The first-order valence-corrected chi connectivity index (χ1v) is 11.0. The highest BCUT2D eigenvalue weighted by atomic mass is 32.2. The van der Waals surface area contributed by atoms with Crippen LogP contribution in [-0.4, -0.2) is 18.0 Å². The molecule has 6 nitrogen and oxygen atoms in total. The number of fused-ring (bicyclic) bond motifs is 3. The van der Waals surface area contributed by atoms with Crippen molar-refractivity contribution in [3.8, 4) is 11.3 Å². The van der Waals surface area contributed by atoms with E-state index in [2.05, 4.69) is 17.1 Å². The van der Waals surface area contributed by atoms with Crippen molar-refractivity contribution in [2.24, 2.45) is 0 Å². The van der Waals surface area contributed by atoms with Gasteiger partial charge >= 0.3 is 0 Å². The van der Waals surface area contributed by atoms with Crippen LogP contribution in [0.5, 0.6) is 0 Å². The molecule has 5 rings (SSSR count). The van der Waals surface area contributed by atoms with Crippen LogP contribution in [0.2, 0.25) is 0 Å². The molecule has 0 atom stereocenters. The third kappa shape index (κ3) is 3.90. The maximum Gasteiger partial charge on any atom is 0.255 e. The monoisotopic (exact) mass is 419 g/mol. The van der Waals surface area contributed by atoms with Crippen molar-refractivity contribution in [3.63, 3.8) is 0 Å². The van der Waals surface area contributed by atoms with E-state index < -0.39 is 15.9 Å². The molecule has 0 spiro atoms. The van der Waals surface area contributed by atoms with Crippen LogP contribution in [0.4, 0.5) is 0 Å². The molecule has 2 N–H and O–H groups in total. The van der Waals surface area contributed by atoms with E-state index in [1.54, 1.807) is 18.3 Å². The Kier molecular flexibility index (Phi) is 5.01. The Morgan fingerprint density at radius 3 is 2.33 bits per heavy atom. The SMILES string of the molecule is Cc1cc(C)cc(CS(=O)(=O)[O-])c1.N=[n+]1ccc2cc[nH]c3c4ccccc4c1c2-3. The molecule has 0 saturated heterocycles. The smallest absolute Gasteiger partial charge is 0.255 e. The van der Waals surface area contributed by atoms with E-state index in [-0.39, 0.29) is 0 Å². The van der Waals surface area contributed by atoms with Crippen molar-refractivity contribution in [2.75, 3.05) is 0 Å². The molecule has 0 saturated carbocycles. The maximum absolute atomic E-state index is 10.5. The molecule has 152 valence electrons. The van der Waals surface area contributed by atoms with E-state index in [0.29, 0.717) is 5.56 Å². The van der Waals surface area contributed by atoms with Gasteiger partial charge in [0.2, 0.25) is 6.20 Å². The van der Waals surface area contributed by atoms with Crippen molar-refractivity contribution in [2.45, 2.75) is 19.6 Å². The molecule has 0 unspecified atom stereocenters. The van der Waals surface area contributed by atoms with Crippen LogP contribution in [0, 0.1) is 19.4 Å². The summed E-state index contributed by atoms with van der Waals surface area (Å²) in [7, 11) is -4.16. The highest BCUT2D eigenvalue weighted by molar-refractivity contribution is 7.84. The van der Waals surface area contributed by atoms with Gasteiger partial charge in [-0.3, -0.25) is 0 Å². The lowest BCUT2D eigenvalue weighted by molar-refractivity contribution is -0.543. The number of pyridine rings is 2. The van der Waals surface area contributed by atoms with Crippen molar-refractivity contribution >= 4 is 31.8 Å². The fourth-order valence-corrected chi connectivity index (χ4v) is 4.57. The molecular formula is C23H21N3O3S. The van der Waals surface area contributed by atoms with E-state index >= 15 is 0 Å². The Bertz CT molecular complexity index is 1470. The van der Waals surface area contributed by atoms with Gasteiger partial charge in [-0.05, 0) is 42.5 Å². The van der Waals surface area contributed by atoms with Gasteiger partial charge in [-0.15, -0.1) is 0 Å². The number of hydrogen-bond acceptors (Lipinski definition) is 4. The van der Waals surface area contributed by atoms with Crippen molar-refractivity contribution < 1.29 is 17.3 Å². The summed E-state index contributed by atoms with van der Waals surface area (Å²) in [6, 6.07) is 17.6. The van der Waals surface area contributed by atoms with Gasteiger partial charge in [-0.2, -0.15) is 0 Å². The van der Waals surface area contributed by atoms with E-state index in [0.717, 1.165) is 33.3 Å².